The van der Waals surface area contributed by atoms with Gasteiger partial charge in [0.2, 0.25) is 0 Å². The van der Waals surface area contributed by atoms with E-state index in [1.807, 2.05) is 7.05 Å². The molecule has 0 spiro atoms. The van der Waals surface area contributed by atoms with Gasteiger partial charge in [-0.25, -0.2) is 0 Å². The van der Waals surface area contributed by atoms with Crippen LogP contribution in [0.25, 0.3) is 0 Å². The van der Waals surface area contributed by atoms with Gasteiger partial charge in [0.05, 0.1) is 12.7 Å². The van der Waals surface area contributed by atoms with E-state index in [4.69, 9.17) is 4.74 Å². The normalized spacial score (nSPS) is 30.7. The number of ether oxygens (including phenoxy) is 1. The van der Waals surface area contributed by atoms with Crippen molar-refractivity contribution < 1.29 is 4.74 Å². The van der Waals surface area contributed by atoms with Crippen molar-refractivity contribution in [1.29, 1.82) is 0 Å². The average molecular weight is 186 g/mol. The lowest BCUT2D eigenvalue weighted by Crippen LogP contribution is -2.47. The van der Waals surface area contributed by atoms with Gasteiger partial charge in [-0.3, -0.25) is 4.90 Å². The van der Waals surface area contributed by atoms with Crippen LogP contribution in [0.15, 0.2) is 0 Å². The summed E-state index contributed by atoms with van der Waals surface area (Å²) in [5.41, 5.74) is 0. The zero-order chi connectivity index (χ0) is 9.68. The first-order valence-electron chi connectivity index (χ1n) is 5.24. The van der Waals surface area contributed by atoms with Gasteiger partial charge in [0.1, 0.15) is 0 Å². The van der Waals surface area contributed by atoms with Crippen LogP contribution in [0.2, 0.25) is 0 Å². The molecule has 0 bridgehead atoms. The van der Waals surface area contributed by atoms with E-state index in [0.29, 0.717) is 12.1 Å². The van der Waals surface area contributed by atoms with Crippen molar-refractivity contribution in [2.45, 2.75) is 32.4 Å². The van der Waals surface area contributed by atoms with E-state index in [-0.39, 0.29) is 0 Å². The second kappa shape index (κ2) is 5.58. The number of nitrogens with one attached hydrogen (secondary N) is 1. The van der Waals surface area contributed by atoms with Gasteiger partial charge in [0.15, 0.2) is 0 Å². The summed E-state index contributed by atoms with van der Waals surface area (Å²) in [6, 6.07) is 0.591. The van der Waals surface area contributed by atoms with Gasteiger partial charge in [-0.15, -0.1) is 0 Å². The molecular formula is C10H22N2O. The molecule has 1 aliphatic heterocycles. The van der Waals surface area contributed by atoms with Crippen LogP contribution < -0.4 is 5.32 Å². The van der Waals surface area contributed by atoms with Gasteiger partial charge in [0.25, 0.3) is 0 Å². The van der Waals surface area contributed by atoms with E-state index in [0.717, 1.165) is 19.7 Å². The van der Waals surface area contributed by atoms with E-state index >= 15 is 0 Å². The SMILES string of the molecule is CNCCCN1CC(C)OCC1C. The molecule has 0 amide bonds. The highest BCUT2D eigenvalue weighted by Gasteiger charge is 2.22. The van der Waals surface area contributed by atoms with Gasteiger partial charge in [-0.05, 0) is 40.4 Å². The zero-order valence-corrected chi connectivity index (χ0v) is 9.05. The highest BCUT2D eigenvalue weighted by Crippen LogP contribution is 2.10. The molecule has 13 heavy (non-hydrogen) atoms. The molecule has 1 N–H and O–H groups in total. The van der Waals surface area contributed by atoms with Crippen molar-refractivity contribution in [2.24, 2.45) is 0 Å². The molecule has 1 saturated heterocycles. The topological polar surface area (TPSA) is 24.5 Å². The minimum Gasteiger partial charge on any atom is -0.376 e. The van der Waals surface area contributed by atoms with Gasteiger partial charge in [-0.2, -0.15) is 0 Å². The molecule has 0 saturated carbocycles. The van der Waals surface area contributed by atoms with Crippen molar-refractivity contribution in [3.8, 4) is 0 Å². The Labute approximate surface area is 81.4 Å². The maximum atomic E-state index is 5.57. The van der Waals surface area contributed by atoms with Crippen LogP contribution in [0.5, 0.6) is 0 Å². The molecule has 1 aliphatic rings. The zero-order valence-electron chi connectivity index (χ0n) is 9.05. The third kappa shape index (κ3) is 3.63. The van der Waals surface area contributed by atoms with Crippen molar-refractivity contribution in [1.82, 2.24) is 10.2 Å². The van der Waals surface area contributed by atoms with Crippen LogP contribution in [0.4, 0.5) is 0 Å². The molecule has 1 fully saturated rings. The Morgan fingerprint density at radius 2 is 2.23 bits per heavy atom. The summed E-state index contributed by atoms with van der Waals surface area (Å²) in [4.78, 5) is 2.52. The minimum absolute atomic E-state index is 0.408. The third-order valence-electron chi connectivity index (χ3n) is 2.61. The lowest BCUT2D eigenvalue weighted by molar-refractivity contribution is -0.0493. The molecule has 3 heteroatoms. The molecule has 0 aromatic heterocycles. The average Bonchev–Trinajstić information content (AvgIpc) is 2.11. The summed E-state index contributed by atoms with van der Waals surface area (Å²) in [6.45, 7) is 8.67. The molecule has 0 aromatic carbocycles. The first-order valence-corrected chi connectivity index (χ1v) is 5.24. The first-order chi connectivity index (χ1) is 6.24. The summed E-state index contributed by atoms with van der Waals surface area (Å²) < 4.78 is 5.57. The Morgan fingerprint density at radius 3 is 2.92 bits per heavy atom. The molecule has 3 nitrogen and oxygen atoms in total. The summed E-state index contributed by atoms with van der Waals surface area (Å²) in [7, 11) is 2.01. The van der Waals surface area contributed by atoms with E-state index in [1.54, 1.807) is 0 Å². The monoisotopic (exact) mass is 186 g/mol. The van der Waals surface area contributed by atoms with Crippen LogP contribution in [0, 0.1) is 0 Å². The maximum Gasteiger partial charge on any atom is 0.0674 e. The van der Waals surface area contributed by atoms with Crippen molar-refractivity contribution >= 4 is 0 Å². The predicted molar refractivity (Wildman–Crippen MR) is 55.0 cm³/mol. The van der Waals surface area contributed by atoms with E-state index in [1.165, 1.54) is 13.0 Å². The standard InChI is InChI=1S/C10H22N2O/c1-9-8-13-10(2)7-12(9)6-4-5-11-3/h9-11H,4-8H2,1-3H3. The smallest absolute Gasteiger partial charge is 0.0674 e. The molecule has 0 aromatic rings. The van der Waals surface area contributed by atoms with E-state index < -0.39 is 0 Å². The van der Waals surface area contributed by atoms with E-state index in [2.05, 4.69) is 24.1 Å². The largest absolute Gasteiger partial charge is 0.376 e. The van der Waals surface area contributed by atoms with Crippen molar-refractivity contribution in [3.05, 3.63) is 0 Å². The second-order valence-corrected chi connectivity index (χ2v) is 3.95. The molecule has 2 atom stereocenters. The van der Waals surface area contributed by atoms with Crippen LogP contribution in [-0.2, 0) is 4.74 Å². The van der Waals surface area contributed by atoms with Crippen LogP contribution in [-0.4, -0.2) is 50.3 Å². The molecule has 1 heterocycles. The van der Waals surface area contributed by atoms with Crippen molar-refractivity contribution in [3.63, 3.8) is 0 Å². The molecular weight excluding hydrogens is 164 g/mol. The van der Waals surface area contributed by atoms with Crippen LogP contribution in [0.3, 0.4) is 0 Å². The molecule has 0 radical (unpaired) electrons. The summed E-state index contributed by atoms with van der Waals surface area (Å²) in [5.74, 6) is 0. The summed E-state index contributed by atoms with van der Waals surface area (Å²) in [6.07, 6.45) is 1.64. The summed E-state index contributed by atoms with van der Waals surface area (Å²) >= 11 is 0. The Bertz CT molecular complexity index is 141. The molecule has 1 rings (SSSR count). The van der Waals surface area contributed by atoms with Gasteiger partial charge >= 0.3 is 0 Å². The quantitative estimate of drug-likeness (QED) is 0.654. The van der Waals surface area contributed by atoms with E-state index in [9.17, 15) is 0 Å². The Balaban J connectivity index is 2.21. The number of morpholine rings is 1. The van der Waals surface area contributed by atoms with Crippen LogP contribution >= 0.6 is 0 Å². The Morgan fingerprint density at radius 1 is 1.46 bits per heavy atom. The lowest BCUT2D eigenvalue weighted by Gasteiger charge is -2.36. The second-order valence-electron chi connectivity index (χ2n) is 3.95. The first kappa shape index (κ1) is 11.0. The maximum absolute atomic E-state index is 5.57. The van der Waals surface area contributed by atoms with Crippen LogP contribution in [0.1, 0.15) is 20.3 Å². The fourth-order valence-electron chi connectivity index (χ4n) is 1.74. The fraction of sp³-hybridized carbons (Fsp3) is 1.00. The highest BCUT2D eigenvalue weighted by molar-refractivity contribution is 4.74. The third-order valence-corrected chi connectivity index (χ3v) is 2.61. The number of hydrogen-bond donors (Lipinski definition) is 1. The molecule has 2 unspecified atom stereocenters. The Hall–Kier alpha value is -0.120. The summed E-state index contributed by atoms with van der Waals surface area (Å²) in [5, 5.41) is 3.18. The Kier molecular flexibility index (Phi) is 4.70. The highest BCUT2D eigenvalue weighted by atomic mass is 16.5. The van der Waals surface area contributed by atoms with Crippen molar-refractivity contribution in [2.75, 3.05) is 33.3 Å². The minimum atomic E-state index is 0.408. The van der Waals surface area contributed by atoms with Gasteiger partial charge in [-0.1, -0.05) is 0 Å². The lowest BCUT2D eigenvalue weighted by atomic mass is 10.2. The number of rotatable bonds is 4. The number of hydrogen-bond acceptors (Lipinski definition) is 3. The van der Waals surface area contributed by atoms with Gasteiger partial charge in [0, 0.05) is 12.6 Å². The predicted octanol–water partition coefficient (Wildman–Crippen LogP) is 0.705. The molecule has 0 aliphatic carbocycles. The van der Waals surface area contributed by atoms with Gasteiger partial charge < -0.3 is 10.1 Å². The molecule has 78 valence electrons. The number of nitrogens with zero attached hydrogens (tertiary/aromatic N) is 1. The fourth-order valence-corrected chi connectivity index (χ4v) is 1.74.